The number of benzene rings is 1. The average molecular weight is 312 g/mol. The molecule has 1 aromatic carbocycles. The fourth-order valence-corrected chi connectivity index (χ4v) is 1.78. The largest absolute Gasteiger partial charge is 0.462 e. The highest BCUT2D eigenvalue weighted by Crippen LogP contribution is 2.20. The number of ether oxygens (including phenoxy) is 2. The minimum atomic E-state index is -0.727. The van der Waals surface area contributed by atoms with E-state index in [-0.39, 0.29) is 18.8 Å². The number of carbonyl (C=O) groups excluding carboxylic acids is 2. The molecular formula is C15H18ClNO4. The third-order valence-corrected chi connectivity index (χ3v) is 2.79. The number of nitrogens with one attached hydrogen (secondary N) is 1. The van der Waals surface area contributed by atoms with Gasteiger partial charge in [-0.1, -0.05) is 11.6 Å². The Kier molecular flexibility index (Phi) is 6.75. The molecule has 0 fully saturated rings. The Labute approximate surface area is 128 Å². The molecule has 0 aliphatic heterocycles. The summed E-state index contributed by atoms with van der Waals surface area (Å²) >= 11 is 5.87. The van der Waals surface area contributed by atoms with Gasteiger partial charge < -0.3 is 14.8 Å². The van der Waals surface area contributed by atoms with Crippen molar-refractivity contribution in [3.05, 3.63) is 40.6 Å². The lowest BCUT2D eigenvalue weighted by Gasteiger charge is -2.09. The first-order valence-corrected chi connectivity index (χ1v) is 6.94. The Balaban J connectivity index is 2.96. The first-order valence-electron chi connectivity index (χ1n) is 6.56. The van der Waals surface area contributed by atoms with E-state index in [9.17, 15) is 9.59 Å². The van der Waals surface area contributed by atoms with Crippen molar-refractivity contribution in [2.24, 2.45) is 0 Å². The fraction of sp³-hybridized carbons (Fsp3) is 0.333. The quantitative estimate of drug-likeness (QED) is 0.378. The van der Waals surface area contributed by atoms with E-state index in [1.54, 1.807) is 32.0 Å². The SMILES string of the molecule is CCOC(=O)C(=CNc1ccc(Cl)cc1C)C(=O)OCC. The summed E-state index contributed by atoms with van der Waals surface area (Å²) in [7, 11) is 0. The van der Waals surface area contributed by atoms with Crippen LogP contribution in [-0.2, 0) is 19.1 Å². The molecule has 0 heterocycles. The van der Waals surface area contributed by atoms with E-state index in [4.69, 9.17) is 21.1 Å². The Hall–Kier alpha value is -2.01. The summed E-state index contributed by atoms with van der Waals surface area (Å²) in [5, 5.41) is 3.51. The molecule has 0 aliphatic rings. The summed E-state index contributed by atoms with van der Waals surface area (Å²) in [5.41, 5.74) is 1.42. The van der Waals surface area contributed by atoms with Gasteiger partial charge in [-0.05, 0) is 44.5 Å². The second-order valence-corrected chi connectivity index (χ2v) is 4.54. The van der Waals surface area contributed by atoms with Gasteiger partial charge in [0.2, 0.25) is 0 Å². The lowest BCUT2D eigenvalue weighted by Crippen LogP contribution is -2.19. The van der Waals surface area contributed by atoms with Crippen molar-refractivity contribution in [2.75, 3.05) is 18.5 Å². The standard InChI is InChI=1S/C15H18ClNO4/c1-4-20-14(18)12(15(19)21-5-2)9-17-13-7-6-11(16)8-10(13)3/h6-9,17H,4-5H2,1-3H3. The third kappa shape index (κ3) is 5.11. The summed E-state index contributed by atoms with van der Waals surface area (Å²) in [6, 6.07) is 5.23. The first-order chi connectivity index (χ1) is 9.99. The molecule has 114 valence electrons. The molecule has 0 bridgehead atoms. The molecule has 0 unspecified atom stereocenters. The number of hydrogen-bond acceptors (Lipinski definition) is 5. The maximum atomic E-state index is 11.8. The number of rotatable bonds is 6. The molecule has 0 saturated carbocycles. The second kappa shape index (κ2) is 8.32. The zero-order valence-corrected chi connectivity index (χ0v) is 13.0. The van der Waals surface area contributed by atoms with Crippen LogP contribution in [0.4, 0.5) is 5.69 Å². The van der Waals surface area contributed by atoms with Crippen molar-refractivity contribution < 1.29 is 19.1 Å². The van der Waals surface area contributed by atoms with Gasteiger partial charge in [-0.3, -0.25) is 0 Å². The Morgan fingerprint density at radius 3 is 2.24 bits per heavy atom. The summed E-state index contributed by atoms with van der Waals surface area (Å²) < 4.78 is 9.68. The van der Waals surface area contributed by atoms with Crippen LogP contribution in [0.1, 0.15) is 19.4 Å². The second-order valence-electron chi connectivity index (χ2n) is 4.10. The maximum absolute atomic E-state index is 11.8. The minimum absolute atomic E-state index is 0.176. The molecule has 0 aliphatic carbocycles. The van der Waals surface area contributed by atoms with E-state index in [0.717, 1.165) is 11.3 Å². The van der Waals surface area contributed by atoms with Crippen LogP contribution in [0.15, 0.2) is 30.0 Å². The summed E-state index contributed by atoms with van der Waals surface area (Å²) in [4.78, 5) is 23.5. The van der Waals surface area contributed by atoms with E-state index in [1.807, 2.05) is 6.92 Å². The van der Waals surface area contributed by atoms with Crippen LogP contribution in [0.2, 0.25) is 5.02 Å². The van der Waals surface area contributed by atoms with E-state index in [1.165, 1.54) is 6.20 Å². The average Bonchev–Trinajstić information content (AvgIpc) is 2.41. The molecule has 1 aromatic rings. The molecule has 0 aromatic heterocycles. The van der Waals surface area contributed by atoms with Gasteiger partial charge in [0, 0.05) is 16.9 Å². The van der Waals surface area contributed by atoms with Crippen molar-refractivity contribution in [3.8, 4) is 0 Å². The molecule has 1 rings (SSSR count). The zero-order chi connectivity index (χ0) is 15.8. The van der Waals surface area contributed by atoms with Crippen LogP contribution in [0.5, 0.6) is 0 Å². The number of halogens is 1. The third-order valence-electron chi connectivity index (χ3n) is 2.55. The van der Waals surface area contributed by atoms with Gasteiger partial charge in [-0.25, -0.2) is 9.59 Å². The van der Waals surface area contributed by atoms with E-state index >= 15 is 0 Å². The molecule has 0 atom stereocenters. The van der Waals surface area contributed by atoms with Gasteiger partial charge in [-0.2, -0.15) is 0 Å². The van der Waals surface area contributed by atoms with Gasteiger partial charge in [0.05, 0.1) is 13.2 Å². The van der Waals surface area contributed by atoms with Gasteiger partial charge in [-0.15, -0.1) is 0 Å². The summed E-state index contributed by atoms with van der Waals surface area (Å²) in [5.74, 6) is -1.45. The highest BCUT2D eigenvalue weighted by Gasteiger charge is 2.20. The highest BCUT2D eigenvalue weighted by atomic mass is 35.5. The monoisotopic (exact) mass is 311 g/mol. The molecule has 0 spiro atoms. The number of anilines is 1. The van der Waals surface area contributed by atoms with E-state index in [0.29, 0.717) is 5.02 Å². The number of carbonyl (C=O) groups is 2. The molecule has 6 heteroatoms. The van der Waals surface area contributed by atoms with Crippen molar-refractivity contribution in [1.82, 2.24) is 0 Å². The number of aryl methyl sites for hydroxylation is 1. The van der Waals surface area contributed by atoms with E-state index < -0.39 is 11.9 Å². The van der Waals surface area contributed by atoms with Gasteiger partial charge in [0.15, 0.2) is 5.57 Å². The zero-order valence-electron chi connectivity index (χ0n) is 12.2. The predicted molar refractivity (Wildman–Crippen MR) is 81.2 cm³/mol. The van der Waals surface area contributed by atoms with Gasteiger partial charge in [0.1, 0.15) is 0 Å². The van der Waals surface area contributed by atoms with Crippen molar-refractivity contribution in [2.45, 2.75) is 20.8 Å². The molecule has 0 radical (unpaired) electrons. The topological polar surface area (TPSA) is 64.6 Å². The summed E-state index contributed by atoms with van der Waals surface area (Å²) in [6.45, 7) is 5.54. The van der Waals surface area contributed by atoms with Crippen LogP contribution in [0.25, 0.3) is 0 Å². The van der Waals surface area contributed by atoms with Crippen LogP contribution in [0, 0.1) is 6.92 Å². The number of esters is 2. The lowest BCUT2D eigenvalue weighted by atomic mass is 10.2. The smallest absolute Gasteiger partial charge is 0.347 e. The van der Waals surface area contributed by atoms with Crippen molar-refractivity contribution in [1.29, 1.82) is 0 Å². The Morgan fingerprint density at radius 2 is 1.76 bits per heavy atom. The molecule has 21 heavy (non-hydrogen) atoms. The van der Waals surface area contributed by atoms with Crippen LogP contribution in [0.3, 0.4) is 0 Å². The summed E-state index contributed by atoms with van der Waals surface area (Å²) in [6.07, 6.45) is 1.28. The Morgan fingerprint density at radius 1 is 1.19 bits per heavy atom. The van der Waals surface area contributed by atoms with Crippen LogP contribution < -0.4 is 5.32 Å². The van der Waals surface area contributed by atoms with Crippen LogP contribution in [-0.4, -0.2) is 25.2 Å². The highest BCUT2D eigenvalue weighted by molar-refractivity contribution is 6.30. The van der Waals surface area contributed by atoms with Crippen molar-refractivity contribution >= 4 is 29.2 Å². The molecule has 5 nitrogen and oxygen atoms in total. The normalized spacial score (nSPS) is 9.71. The molecule has 0 saturated heterocycles. The Bertz CT molecular complexity index is 535. The van der Waals surface area contributed by atoms with Gasteiger partial charge >= 0.3 is 11.9 Å². The fourth-order valence-electron chi connectivity index (χ4n) is 1.56. The lowest BCUT2D eigenvalue weighted by molar-refractivity contribution is -0.146. The van der Waals surface area contributed by atoms with Crippen molar-refractivity contribution in [3.63, 3.8) is 0 Å². The van der Waals surface area contributed by atoms with Gasteiger partial charge in [0.25, 0.3) is 0 Å². The maximum Gasteiger partial charge on any atom is 0.347 e. The minimum Gasteiger partial charge on any atom is -0.462 e. The van der Waals surface area contributed by atoms with Crippen LogP contribution >= 0.6 is 11.6 Å². The molecule has 1 N–H and O–H groups in total. The molecule has 0 amide bonds. The number of hydrogen-bond donors (Lipinski definition) is 1. The first kappa shape index (κ1) is 17.0. The molecular weight excluding hydrogens is 294 g/mol. The van der Waals surface area contributed by atoms with E-state index in [2.05, 4.69) is 5.32 Å². The predicted octanol–water partition coefficient (Wildman–Crippen LogP) is 3.07.